The van der Waals surface area contributed by atoms with Gasteiger partial charge < -0.3 is 9.73 Å². The van der Waals surface area contributed by atoms with Crippen molar-refractivity contribution in [2.45, 2.75) is 0 Å². The second-order valence-electron chi connectivity index (χ2n) is 3.43. The van der Waals surface area contributed by atoms with Crippen LogP contribution >= 0.6 is 0 Å². The molecular weight excluding hydrogens is 204 g/mol. The summed E-state index contributed by atoms with van der Waals surface area (Å²) in [4.78, 5) is 15.8. The lowest BCUT2D eigenvalue weighted by atomic mass is 10.1. The second kappa shape index (κ2) is 3.34. The number of pyridine rings is 1. The Hall–Kier alpha value is -2.36. The fourth-order valence-corrected chi connectivity index (χ4v) is 1.68. The van der Waals surface area contributed by atoms with Gasteiger partial charge in [-0.2, -0.15) is 0 Å². The van der Waals surface area contributed by atoms with Gasteiger partial charge in [0, 0.05) is 11.8 Å². The summed E-state index contributed by atoms with van der Waals surface area (Å²) in [6.45, 7) is 0. The van der Waals surface area contributed by atoms with Crippen molar-refractivity contribution in [1.29, 1.82) is 0 Å². The van der Waals surface area contributed by atoms with Crippen LogP contribution in [-0.4, -0.2) is 10.9 Å². The van der Waals surface area contributed by atoms with Crippen molar-refractivity contribution in [3.8, 4) is 0 Å². The van der Waals surface area contributed by atoms with Crippen molar-refractivity contribution in [2.75, 3.05) is 5.32 Å². The first-order valence-corrected chi connectivity index (χ1v) is 4.86. The number of aromatic nitrogens is 1. The number of nitrogens with zero attached hydrogens (tertiary/aromatic N) is 1. The summed E-state index contributed by atoms with van der Waals surface area (Å²) in [6, 6.07) is 7.24. The van der Waals surface area contributed by atoms with Gasteiger partial charge >= 0.3 is 0 Å². The van der Waals surface area contributed by atoms with Crippen LogP contribution in [-0.2, 0) is 4.79 Å². The number of furan rings is 1. The molecule has 0 saturated heterocycles. The molecule has 2 aromatic heterocycles. The van der Waals surface area contributed by atoms with Gasteiger partial charge in [0.05, 0.1) is 11.8 Å². The van der Waals surface area contributed by atoms with E-state index in [2.05, 4.69) is 10.3 Å². The van der Waals surface area contributed by atoms with E-state index >= 15 is 0 Å². The van der Waals surface area contributed by atoms with Gasteiger partial charge in [-0.15, -0.1) is 0 Å². The quantitative estimate of drug-likeness (QED) is 0.737. The van der Waals surface area contributed by atoms with Crippen LogP contribution in [0.25, 0.3) is 11.6 Å². The summed E-state index contributed by atoms with van der Waals surface area (Å²) in [5.41, 5.74) is 1.39. The van der Waals surface area contributed by atoms with Crippen LogP contribution in [0.15, 0.2) is 41.1 Å². The van der Waals surface area contributed by atoms with Gasteiger partial charge in [-0.3, -0.25) is 4.79 Å². The summed E-state index contributed by atoms with van der Waals surface area (Å²) in [6.07, 6.45) is 4.93. The van der Waals surface area contributed by atoms with E-state index in [1.54, 1.807) is 36.7 Å². The number of carbonyl (C=O) groups excluding carboxylic acids is 1. The molecule has 1 N–H and O–H groups in total. The van der Waals surface area contributed by atoms with E-state index in [0.717, 1.165) is 5.56 Å². The standard InChI is InChI=1S/C12H8N2O2/c15-12-10(7-8-3-2-6-16-8)9-4-1-5-13-11(9)14-12/h1-7H,(H,13,14,15). The first kappa shape index (κ1) is 8.91. The second-order valence-corrected chi connectivity index (χ2v) is 3.43. The molecule has 0 bridgehead atoms. The Labute approximate surface area is 91.6 Å². The fourth-order valence-electron chi connectivity index (χ4n) is 1.68. The van der Waals surface area contributed by atoms with Gasteiger partial charge in [0.15, 0.2) is 0 Å². The molecule has 1 amide bonds. The predicted molar refractivity (Wildman–Crippen MR) is 59.4 cm³/mol. The number of carbonyl (C=O) groups is 1. The van der Waals surface area contributed by atoms with E-state index in [4.69, 9.17) is 4.42 Å². The number of amides is 1. The van der Waals surface area contributed by atoms with Gasteiger partial charge in [0.2, 0.25) is 0 Å². The monoisotopic (exact) mass is 212 g/mol. The maximum atomic E-state index is 11.7. The zero-order valence-corrected chi connectivity index (χ0v) is 8.31. The van der Waals surface area contributed by atoms with Crippen LogP contribution in [0.4, 0.5) is 5.82 Å². The summed E-state index contributed by atoms with van der Waals surface area (Å²) in [5.74, 6) is 1.11. The SMILES string of the molecule is O=C1Nc2ncccc2C1=Cc1ccco1. The van der Waals surface area contributed by atoms with Crippen LogP contribution in [0.3, 0.4) is 0 Å². The maximum absolute atomic E-state index is 11.7. The molecule has 1 aliphatic heterocycles. The summed E-state index contributed by atoms with van der Waals surface area (Å²) in [7, 11) is 0. The Bertz CT molecular complexity index is 570. The highest BCUT2D eigenvalue weighted by molar-refractivity contribution is 6.34. The molecule has 16 heavy (non-hydrogen) atoms. The molecule has 0 unspecified atom stereocenters. The summed E-state index contributed by atoms with van der Waals surface area (Å²) in [5, 5.41) is 2.70. The average Bonchev–Trinajstić information content (AvgIpc) is 2.89. The van der Waals surface area contributed by atoms with Crippen molar-refractivity contribution in [3.05, 3.63) is 48.0 Å². The molecule has 4 nitrogen and oxygen atoms in total. The molecular formula is C12H8N2O2. The van der Waals surface area contributed by atoms with Crippen molar-refractivity contribution in [3.63, 3.8) is 0 Å². The third-order valence-electron chi connectivity index (χ3n) is 2.40. The van der Waals surface area contributed by atoms with Crippen molar-refractivity contribution < 1.29 is 9.21 Å². The van der Waals surface area contributed by atoms with Crippen LogP contribution in [0, 0.1) is 0 Å². The number of hydrogen-bond acceptors (Lipinski definition) is 3. The van der Waals surface area contributed by atoms with E-state index in [9.17, 15) is 4.79 Å². The topological polar surface area (TPSA) is 55.1 Å². The molecule has 0 fully saturated rings. The first-order chi connectivity index (χ1) is 7.84. The molecule has 3 heterocycles. The maximum Gasteiger partial charge on any atom is 0.257 e. The molecule has 4 heteroatoms. The van der Waals surface area contributed by atoms with Gasteiger partial charge in [0.25, 0.3) is 5.91 Å². The van der Waals surface area contributed by atoms with Crippen LogP contribution < -0.4 is 5.32 Å². The van der Waals surface area contributed by atoms with Crippen molar-refractivity contribution in [2.24, 2.45) is 0 Å². The highest BCUT2D eigenvalue weighted by Gasteiger charge is 2.24. The van der Waals surface area contributed by atoms with E-state index in [-0.39, 0.29) is 5.91 Å². The van der Waals surface area contributed by atoms with Crippen molar-refractivity contribution >= 4 is 23.4 Å². The third-order valence-corrected chi connectivity index (χ3v) is 2.40. The minimum Gasteiger partial charge on any atom is -0.465 e. The fraction of sp³-hybridized carbons (Fsp3) is 0. The molecule has 0 radical (unpaired) electrons. The predicted octanol–water partition coefficient (Wildman–Crippen LogP) is 2.17. The first-order valence-electron chi connectivity index (χ1n) is 4.86. The van der Waals surface area contributed by atoms with Crippen LogP contribution in [0.1, 0.15) is 11.3 Å². The Morgan fingerprint density at radius 2 is 2.25 bits per heavy atom. The Morgan fingerprint density at radius 1 is 1.31 bits per heavy atom. The Kier molecular flexibility index (Phi) is 1.86. The molecule has 78 valence electrons. The third kappa shape index (κ3) is 1.32. The lowest BCUT2D eigenvalue weighted by molar-refractivity contribution is -0.110. The van der Waals surface area contributed by atoms with Gasteiger partial charge in [-0.1, -0.05) is 0 Å². The zero-order chi connectivity index (χ0) is 11.0. The number of rotatable bonds is 1. The van der Waals surface area contributed by atoms with Crippen LogP contribution in [0.2, 0.25) is 0 Å². The number of anilines is 1. The van der Waals surface area contributed by atoms with E-state index in [1.165, 1.54) is 0 Å². The Morgan fingerprint density at radius 3 is 3.06 bits per heavy atom. The largest absolute Gasteiger partial charge is 0.465 e. The van der Waals surface area contributed by atoms with Gasteiger partial charge in [-0.05, 0) is 30.3 Å². The highest BCUT2D eigenvalue weighted by Crippen LogP contribution is 2.30. The molecule has 0 aromatic carbocycles. The van der Waals surface area contributed by atoms with Crippen LogP contribution in [0.5, 0.6) is 0 Å². The Balaban J connectivity index is 2.12. The highest BCUT2D eigenvalue weighted by atomic mass is 16.3. The minimum absolute atomic E-state index is 0.148. The number of hydrogen-bond donors (Lipinski definition) is 1. The molecule has 2 aromatic rings. The van der Waals surface area contributed by atoms with Crippen molar-refractivity contribution in [1.82, 2.24) is 4.98 Å². The van der Waals surface area contributed by atoms with E-state index in [1.807, 2.05) is 6.07 Å². The zero-order valence-electron chi connectivity index (χ0n) is 8.31. The smallest absolute Gasteiger partial charge is 0.257 e. The molecule has 0 spiro atoms. The van der Waals surface area contributed by atoms with E-state index in [0.29, 0.717) is 17.2 Å². The van der Waals surface area contributed by atoms with Gasteiger partial charge in [0.1, 0.15) is 11.6 Å². The number of nitrogens with one attached hydrogen (secondary N) is 1. The van der Waals surface area contributed by atoms with E-state index < -0.39 is 0 Å². The molecule has 0 atom stereocenters. The molecule has 3 rings (SSSR count). The lowest BCUT2D eigenvalue weighted by Gasteiger charge is -1.94. The van der Waals surface area contributed by atoms with Gasteiger partial charge in [-0.25, -0.2) is 4.98 Å². The molecule has 0 saturated carbocycles. The summed E-state index contributed by atoms with van der Waals surface area (Å²) < 4.78 is 5.18. The molecule has 0 aliphatic carbocycles. The minimum atomic E-state index is -0.148. The lowest BCUT2D eigenvalue weighted by Crippen LogP contribution is -2.04. The average molecular weight is 212 g/mol. The number of fused-ring (bicyclic) bond motifs is 1. The molecule has 1 aliphatic rings. The summed E-state index contributed by atoms with van der Waals surface area (Å²) >= 11 is 0. The normalized spacial score (nSPS) is 16.2.